The molecule has 18 heteroatoms. The summed E-state index contributed by atoms with van der Waals surface area (Å²) in [5, 5.41) is 22.3. The number of allylic oxidation sites excluding steroid dienone is 1. The fraction of sp³-hybridized carbons (Fsp3) is 0.438. The number of anilines is 3. The minimum atomic E-state index is -1.91. The fourth-order valence-corrected chi connectivity index (χ4v) is 11.0. The molecule has 11 rings (SSSR count). The smallest absolute Gasteiger partial charge is 0.278 e. The lowest BCUT2D eigenvalue weighted by Crippen LogP contribution is -2.50. The molecule has 3 fully saturated rings. The van der Waals surface area contributed by atoms with Crippen molar-refractivity contribution < 1.29 is 28.0 Å². The number of nitrogens with one attached hydrogen (secondary N) is 2. The molecule has 1 unspecified atom stereocenters. The van der Waals surface area contributed by atoms with Crippen LogP contribution in [0.15, 0.2) is 76.2 Å². The number of aliphatic hydroxyl groups is 1. The summed E-state index contributed by atoms with van der Waals surface area (Å²) >= 11 is 0. The number of pyridine rings is 1. The van der Waals surface area contributed by atoms with Gasteiger partial charge in [-0.05, 0) is 112 Å². The molecule has 4 aromatic heterocycles. The number of carbonyl (C=O) groups is 2. The first kappa shape index (κ1) is 42.3. The van der Waals surface area contributed by atoms with Crippen LogP contribution in [0.25, 0.3) is 27.8 Å². The Hall–Kier alpha value is -6.37. The van der Waals surface area contributed by atoms with Crippen molar-refractivity contribution in [2.45, 2.75) is 108 Å². The minimum absolute atomic E-state index is 0.153. The van der Waals surface area contributed by atoms with Crippen LogP contribution in [0, 0.1) is 0 Å². The third kappa shape index (κ3) is 7.53. The Morgan fingerprint density at radius 1 is 0.894 bits per heavy atom. The Bertz CT molecular complexity index is 2960. The first-order valence-electron chi connectivity index (χ1n) is 23.1. The molecule has 0 radical (unpaired) electrons. The van der Waals surface area contributed by atoms with Gasteiger partial charge in [0.05, 0.1) is 18.2 Å². The van der Waals surface area contributed by atoms with Gasteiger partial charge < -0.3 is 24.7 Å². The molecule has 16 nitrogen and oxygen atoms in total. The number of fused-ring (bicyclic) bond motifs is 5. The van der Waals surface area contributed by atoms with Crippen molar-refractivity contribution in [1.29, 1.82) is 0 Å². The molecule has 2 aromatic carbocycles. The second-order valence-corrected chi connectivity index (χ2v) is 18.4. The van der Waals surface area contributed by atoms with E-state index in [-0.39, 0.29) is 28.8 Å². The average molecular weight is 900 g/mol. The molecule has 0 spiro atoms. The monoisotopic (exact) mass is 899 g/mol. The molecule has 2 amide bonds. The summed E-state index contributed by atoms with van der Waals surface area (Å²) in [7, 11) is 0. The number of hydrogen-bond donors (Lipinski definition) is 3. The van der Waals surface area contributed by atoms with E-state index in [0.717, 1.165) is 103 Å². The predicted octanol–water partition coefficient (Wildman–Crippen LogP) is 6.16. The lowest BCUT2D eigenvalue weighted by molar-refractivity contribution is -0.134. The molecule has 3 saturated heterocycles. The van der Waals surface area contributed by atoms with Crippen molar-refractivity contribution in [3.05, 3.63) is 105 Å². The van der Waals surface area contributed by atoms with E-state index in [9.17, 15) is 28.3 Å². The van der Waals surface area contributed by atoms with Gasteiger partial charge in [-0.15, -0.1) is 0 Å². The molecule has 8 heterocycles. The van der Waals surface area contributed by atoms with Gasteiger partial charge in [-0.2, -0.15) is 13.8 Å². The maximum atomic E-state index is 13.6. The fourth-order valence-electron chi connectivity index (χ4n) is 11.0. The molecule has 0 saturated carbocycles. The molecular weight excluding hydrogens is 849 g/mol. The van der Waals surface area contributed by atoms with Gasteiger partial charge in [0.1, 0.15) is 16.7 Å². The second kappa shape index (κ2) is 16.8. The van der Waals surface area contributed by atoms with Gasteiger partial charge in [0.2, 0.25) is 17.8 Å². The van der Waals surface area contributed by atoms with Gasteiger partial charge in [-0.1, -0.05) is 24.2 Å². The number of amides is 2. The lowest BCUT2D eigenvalue weighted by atomic mass is 9.92. The summed E-state index contributed by atoms with van der Waals surface area (Å²) in [5.74, 6) is -0.502. The van der Waals surface area contributed by atoms with E-state index in [1.807, 2.05) is 31.2 Å². The number of likely N-dealkylation sites (tertiary alicyclic amines) is 1. The number of nitrogens with zero attached hydrogens (tertiary/aromatic N) is 9. The number of aromatic nitrogens is 6. The molecule has 6 aromatic rings. The Balaban J connectivity index is 0.711. The molecule has 66 heavy (non-hydrogen) atoms. The minimum Gasteiger partial charge on any atom is -0.384 e. The number of aryl methyl sites for hydroxylation is 1. The zero-order valence-corrected chi connectivity index (χ0v) is 36.7. The molecule has 4 aliphatic heterocycles. The SMILES string of the molecule is CC[C@@]1(O)CCc2ccc(-n3c4nc(Nc5ccc(N6CCC(N7CCC(N8Cc9ccc%10c(C%11CCC(=O)NC%11=O)noc%10c9C8)CC7)CC6)cc5)ncc4c(=O)n3CC=C(F)F)nc21. The van der Waals surface area contributed by atoms with Crippen LogP contribution in [-0.2, 0) is 41.2 Å². The predicted molar refractivity (Wildman–Crippen MR) is 242 cm³/mol. The lowest BCUT2D eigenvalue weighted by Gasteiger charge is -2.43. The van der Waals surface area contributed by atoms with Crippen LogP contribution in [-0.4, -0.2) is 94.5 Å². The molecule has 342 valence electrons. The molecule has 5 aliphatic rings. The van der Waals surface area contributed by atoms with Gasteiger partial charge in [-0.25, -0.2) is 19.3 Å². The van der Waals surface area contributed by atoms with E-state index in [4.69, 9.17) is 14.5 Å². The van der Waals surface area contributed by atoms with Gasteiger partial charge in [0, 0.05) is 79.3 Å². The summed E-state index contributed by atoms with van der Waals surface area (Å²) in [6.07, 6.45) is 6.94. The van der Waals surface area contributed by atoms with Crippen LogP contribution < -0.4 is 21.1 Å². The highest BCUT2D eigenvalue weighted by Crippen LogP contribution is 2.40. The third-order valence-electron chi connectivity index (χ3n) is 14.8. The van der Waals surface area contributed by atoms with E-state index in [0.29, 0.717) is 67.5 Å². The zero-order chi connectivity index (χ0) is 45.3. The number of hydrogen-bond acceptors (Lipinski definition) is 13. The first-order chi connectivity index (χ1) is 32.0. The molecule has 1 aliphatic carbocycles. The van der Waals surface area contributed by atoms with Crippen molar-refractivity contribution in [2.75, 3.05) is 36.4 Å². The van der Waals surface area contributed by atoms with Crippen molar-refractivity contribution in [2.24, 2.45) is 0 Å². The highest BCUT2D eigenvalue weighted by atomic mass is 19.3. The average Bonchev–Trinajstić information content (AvgIpc) is 4.11. The molecule has 0 bridgehead atoms. The van der Waals surface area contributed by atoms with Crippen molar-refractivity contribution in [3.8, 4) is 5.82 Å². The van der Waals surface area contributed by atoms with Crippen molar-refractivity contribution in [3.63, 3.8) is 0 Å². The Kier molecular flexibility index (Phi) is 10.8. The quantitative estimate of drug-likeness (QED) is 0.133. The summed E-state index contributed by atoms with van der Waals surface area (Å²) in [4.78, 5) is 59.4. The largest absolute Gasteiger partial charge is 0.384 e. The van der Waals surface area contributed by atoms with Crippen LogP contribution in [0.1, 0.15) is 92.3 Å². The Labute approximate surface area is 378 Å². The van der Waals surface area contributed by atoms with Crippen LogP contribution >= 0.6 is 0 Å². The van der Waals surface area contributed by atoms with Gasteiger partial charge in [0.15, 0.2) is 17.0 Å². The van der Waals surface area contributed by atoms with Gasteiger partial charge >= 0.3 is 0 Å². The van der Waals surface area contributed by atoms with Crippen LogP contribution in [0.2, 0.25) is 0 Å². The maximum absolute atomic E-state index is 13.6. The van der Waals surface area contributed by atoms with E-state index in [2.05, 4.69) is 53.7 Å². The Morgan fingerprint density at radius 3 is 2.41 bits per heavy atom. The summed E-state index contributed by atoms with van der Waals surface area (Å²) in [6, 6.07) is 16.9. The van der Waals surface area contributed by atoms with E-state index >= 15 is 0 Å². The van der Waals surface area contributed by atoms with Crippen LogP contribution in [0.4, 0.5) is 26.1 Å². The number of benzene rings is 2. The van der Waals surface area contributed by atoms with Gasteiger partial charge in [0.25, 0.3) is 11.6 Å². The third-order valence-corrected chi connectivity index (χ3v) is 14.8. The summed E-state index contributed by atoms with van der Waals surface area (Å²) < 4.78 is 35.1. The highest BCUT2D eigenvalue weighted by molar-refractivity contribution is 6.02. The molecular formula is C48H51F2N11O5. The standard InChI is InChI=1S/C48H51F2N11O5/c1-2-48(65)19-13-28-4-11-39(53-43(28)48)61-44-36(46(64)60(61)24-18-38(49)50)25-51-47(55-44)52-30-5-7-31(8-6-30)57-20-14-32(15-21-57)58-22-16-33(17-23-58)59-26-29-3-9-34-41(56-66-42(34)37(29)27-59)35-10-12-40(62)54-45(35)63/h3-9,11,18,25,32-33,35,65H,2,10,12-17,19-24,26-27H2,1H3,(H,51,52,55)(H,54,62,63)/t35?,48-/m1/s1. The van der Waals surface area contributed by atoms with Crippen molar-refractivity contribution in [1.82, 2.24) is 44.6 Å². The van der Waals surface area contributed by atoms with Crippen LogP contribution in [0.5, 0.6) is 0 Å². The molecule has 3 N–H and O–H groups in total. The van der Waals surface area contributed by atoms with E-state index in [1.165, 1.54) is 16.4 Å². The number of piperidine rings is 3. The van der Waals surface area contributed by atoms with E-state index < -0.39 is 29.7 Å². The molecule has 2 atom stereocenters. The summed E-state index contributed by atoms with van der Waals surface area (Å²) in [5.41, 5.74) is 5.67. The van der Waals surface area contributed by atoms with Crippen LogP contribution in [0.3, 0.4) is 0 Å². The highest BCUT2D eigenvalue weighted by Gasteiger charge is 2.38. The number of carbonyl (C=O) groups excluding carboxylic acids is 2. The maximum Gasteiger partial charge on any atom is 0.278 e. The number of halogens is 2. The first-order valence-corrected chi connectivity index (χ1v) is 23.1. The topological polar surface area (TPSA) is 180 Å². The van der Waals surface area contributed by atoms with Gasteiger partial charge in [-0.3, -0.25) is 24.6 Å². The normalized spacial score (nSPS) is 22.0. The number of rotatable bonds is 10. The summed E-state index contributed by atoms with van der Waals surface area (Å²) in [6.45, 7) is 7.19. The second-order valence-electron chi connectivity index (χ2n) is 18.4. The Morgan fingerprint density at radius 2 is 1.65 bits per heavy atom. The van der Waals surface area contributed by atoms with E-state index in [1.54, 1.807) is 6.07 Å². The van der Waals surface area contributed by atoms with Crippen molar-refractivity contribution >= 4 is 51.1 Å². The zero-order valence-electron chi connectivity index (χ0n) is 36.7. The number of imide groups is 1.